The second kappa shape index (κ2) is 11.5. The lowest BCUT2D eigenvalue weighted by molar-refractivity contribution is -0.121. The molecule has 0 unspecified atom stereocenters. The lowest BCUT2D eigenvalue weighted by atomic mass is 10.1. The van der Waals surface area contributed by atoms with E-state index in [4.69, 9.17) is 14.5 Å². The topological polar surface area (TPSA) is 94.5 Å². The number of thiophene rings is 1. The van der Waals surface area contributed by atoms with Crippen LogP contribution in [0.2, 0.25) is 0 Å². The van der Waals surface area contributed by atoms with Gasteiger partial charge in [-0.05, 0) is 60.2 Å². The average molecular weight is 601 g/mol. The van der Waals surface area contributed by atoms with E-state index >= 15 is 0 Å². The molecule has 0 N–H and O–H groups in total. The number of anilines is 3. The third kappa shape index (κ3) is 5.25. The average Bonchev–Trinajstić information content (AvgIpc) is 3.54. The number of aromatic nitrogens is 3. The number of carbonyl (C=O) groups is 2. The summed E-state index contributed by atoms with van der Waals surface area (Å²) in [7, 11) is 0. The zero-order valence-corrected chi connectivity index (χ0v) is 23.9. The van der Waals surface area contributed by atoms with Crippen molar-refractivity contribution in [3.63, 3.8) is 0 Å². The molecule has 4 aromatic heterocycles. The molecule has 2 aromatic carbocycles. The van der Waals surface area contributed by atoms with E-state index in [0.717, 1.165) is 26.8 Å². The van der Waals surface area contributed by atoms with Crippen LogP contribution >= 0.6 is 23.1 Å². The third-order valence-corrected chi connectivity index (χ3v) is 8.96. The van der Waals surface area contributed by atoms with Gasteiger partial charge in [-0.2, -0.15) is 0 Å². The largest absolute Gasteiger partial charge is 0.429 e. The Morgan fingerprint density at radius 3 is 1.93 bits per heavy atom. The van der Waals surface area contributed by atoms with Crippen molar-refractivity contribution < 1.29 is 19.1 Å². The van der Waals surface area contributed by atoms with Crippen LogP contribution in [0.15, 0.2) is 119 Å². The Morgan fingerprint density at radius 1 is 0.628 bits per heavy atom. The molecule has 1 aliphatic rings. The van der Waals surface area contributed by atoms with Gasteiger partial charge in [0.1, 0.15) is 16.5 Å². The smallest absolute Gasteiger partial charge is 0.298 e. The minimum atomic E-state index is 0.282. The zero-order valence-electron chi connectivity index (χ0n) is 22.3. The number of nitrogens with zero attached hydrogens (tertiary/aromatic N) is 4. The summed E-state index contributed by atoms with van der Waals surface area (Å²) in [5, 5.41) is 1.10. The number of pyridine rings is 3. The molecule has 1 aliphatic heterocycles. The van der Waals surface area contributed by atoms with Crippen molar-refractivity contribution in [3.8, 4) is 44.7 Å². The van der Waals surface area contributed by atoms with E-state index < -0.39 is 0 Å². The van der Waals surface area contributed by atoms with E-state index in [9.17, 15) is 9.59 Å². The van der Waals surface area contributed by atoms with E-state index in [2.05, 4.69) is 75.5 Å². The molecule has 8 nitrogen and oxygen atoms in total. The van der Waals surface area contributed by atoms with Crippen molar-refractivity contribution in [2.75, 3.05) is 4.90 Å². The van der Waals surface area contributed by atoms with Crippen molar-refractivity contribution in [1.29, 1.82) is 0 Å². The van der Waals surface area contributed by atoms with Crippen molar-refractivity contribution in [2.45, 2.75) is 9.79 Å². The number of carbonyl (C=O) groups excluding carboxylic acids is 2. The van der Waals surface area contributed by atoms with Gasteiger partial charge < -0.3 is 9.47 Å². The second-order valence-electron chi connectivity index (χ2n) is 9.32. The van der Waals surface area contributed by atoms with Gasteiger partial charge in [0.2, 0.25) is 0 Å². The predicted molar refractivity (Wildman–Crippen MR) is 166 cm³/mol. The van der Waals surface area contributed by atoms with Crippen molar-refractivity contribution in [1.82, 2.24) is 15.0 Å². The lowest BCUT2D eigenvalue weighted by Crippen LogP contribution is -2.13. The van der Waals surface area contributed by atoms with Crippen LogP contribution in [0.4, 0.5) is 16.4 Å². The molecule has 208 valence electrons. The molecule has 0 saturated heterocycles. The van der Waals surface area contributed by atoms with Gasteiger partial charge in [-0.25, -0.2) is 4.98 Å². The normalized spacial score (nSPS) is 11.8. The van der Waals surface area contributed by atoms with E-state index in [1.54, 1.807) is 53.6 Å². The van der Waals surface area contributed by atoms with Crippen LogP contribution < -0.4 is 14.4 Å². The SMILES string of the molecule is O=COc1ccnc(-c2cc(OC=O)cc(-c3cc(-c4ccc(N5c6ccccc6Sc6ccccc65)s4)ccn3)n2)c1. The first-order valence-electron chi connectivity index (χ1n) is 13.1. The van der Waals surface area contributed by atoms with Gasteiger partial charge >= 0.3 is 0 Å². The maximum absolute atomic E-state index is 11.2. The Balaban J connectivity index is 1.26. The molecule has 0 spiro atoms. The highest BCUT2D eigenvalue weighted by Crippen LogP contribution is 2.53. The Bertz CT molecular complexity index is 1950. The quantitative estimate of drug-likeness (QED) is 0.161. The molecule has 7 rings (SSSR count). The molecule has 43 heavy (non-hydrogen) atoms. The highest BCUT2D eigenvalue weighted by atomic mass is 32.2. The first kappa shape index (κ1) is 26.6. The minimum absolute atomic E-state index is 0.282. The Hall–Kier alpha value is -5.32. The summed E-state index contributed by atoms with van der Waals surface area (Å²) < 4.78 is 10.1. The van der Waals surface area contributed by atoms with Gasteiger partial charge in [-0.15, -0.1) is 11.3 Å². The second-order valence-corrected chi connectivity index (χ2v) is 11.5. The summed E-state index contributed by atoms with van der Waals surface area (Å²) in [6, 6.07) is 31.4. The van der Waals surface area contributed by atoms with Crippen LogP contribution in [0.25, 0.3) is 33.2 Å². The van der Waals surface area contributed by atoms with Crippen LogP contribution in [0, 0.1) is 0 Å². The molecule has 0 saturated carbocycles. The van der Waals surface area contributed by atoms with Gasteiger partial charge in [0.05, 0.1) is 34.2 Å². The van der Waals surface area contributed by atoms with Gasteiger partial charge in [0, 0.05) is 45.3 Å². The van der Waals surface area contributed by atoms with Crippen LogP contribution in [-0.4, -0.2) is 27.9 Å². The van der Waals surface area contributed by atoms with E-state index in [0.29, 0.717) is 41.5 Å². The van der Waals surface area contributed by atoms with Crippen LogP contribution in [0.3, 0.4) is 0 Å². The molecular formula is C33H20N4O4S2. The molecule has 0 bridgehead atoms. The van der Waals surface area contributed by atoms with Crippen LogP contribution in [0.1, 0.15) is 0 Å². The van der Waals surface area contributed by atoms with Crippen molar-refractivity contribution >= 4 is 52.4 Å². The number of hydrogen-bond donors (Lipinski definition) is 0. The molecular weight excluding hydrogens is 581 g/mol. The van der Waals surface area contributed by atoms with Crippen molar-refractivity contribution in [2.24, 2.45) is 0 Å². The molecule has 0 amide bonds. The molecule has 0 aliphatic carbocycles. The van der Waals surface area contributed by atoms with E-state index in [1.807, 2.05) is 12.1 Å². The van der Waals surface area contributed by atoms with E-state index in [-0.39, 0.29) is 5.75 Å². The fourth-order valence-corrected chi connectivity index (χ4v) is 6.93. The van der Waals surface area contributed by atoms with Crippen molar-refractivity contribution in [3.05, 3.63) is 109 Å². The Morgan fingerprint density at radius 2 is 1.23 bits per heavy atom. The summed E-state index contributed by atoms with van der Waals surface area (Å²) >= 11 is 3.47. The maximum atomic E-state index is 11.2. The summed E-state index contributed by atoms with van der Waals surface area (Å²) in [5.41, 5.74) is 5.22. The third-order valence-electron chi connectivity index (χ3n) is 6.71. The molecule has 5 heterocycles. The molecule has 10 heteroatoms. The molecule has 0 radical (unpaired) electrons. The molecule has 6 aromatic rings. The Kier molecular flexibility index (Phi) is 7.12. The fourth-order valence-electron chi connectivity index (χ4n) is 4.84. The summed E-state index contributed by atoms with van der Waals surface area (Å²) in [6.07, 6.45) is 3.24. The number of rotatable bonds is 8. The number of hydrogen-bond acceptors (Lipinski definition) is 10. The lowest BCUT2D eigenvalue weighted by Gasteiger charge is -2.31. The summed E-state index contributed by atoms with van der Waals surface area (Å²) in [5.74, 6) is 0.598. The Labute approximate surface area is 254 Å². The van der Waals surface area contributed by atoms with Gasteiger partial charge in [-0.3, -0.25) is 24.5 Å². The van der Waals surface area contributed by atoms with Crippen LogP contribution in [-0.2, 0) is 9.59 Å². The zero-order chi connectivity index (χ0) is 29.2. The first-order chi connectivity index (χ1) is 21.2. The van der Waals surface area contributed by atoms with Gasteiger partial charge in [0.15, 0.2) is 0 Å². The summed E-state index contributed by atoms with van der Waals surface area (Å²) in [4.78, 5) is 41.5. The fraction of sp³-hybridized carbons (Fsp3) is 0. The monoisotopic (exact) mass is 600 g/mol. The highest BCUT2D eigenvalue weighted by Gasteiger charge is 2.25. The number of para-hydroxylation sites is 2. The van der Waals surface area contributed by atoms with E-state index in [1.165, 1.54) is 16.0 Å². The predicted octanol–water partition coefficient (Wildman–Crippen LogP) is 7.94. The molecule has 0 fully saturated rings. The number of benzene rings is 2. The highest BCUT2D eigenvalue weighted by molar-refractivity contribution is 7.99. The standard InChI is InChI=1S/C33H20N4O4S2/c38-19-40-22-12-14-35-25(16-22)27-18-23(41-20-39)17-26(36-27)24-15-21(11-13-34-24)30-9-10-33(43-30)37-28-5-1-3-7-31(28)42-32-8-4-2-6-29(32)37/h1-20H. The number of ether oxygens (including phenoxy) is 2. The summed E-state index contributed by atoms with van der Waals surface area (Å²) in [6.45, 7) is 0.700. The number of fused-ring (bicyclic) bond motifs is 2. The minimum Gasteiger partial charge on any atom is -0.429 e. The molecule has 0 atom stereocenters. The maximum Gasteiger partial charge on any atom is 0.298 e. The van der Waals surface area contributed by atoms with Gasteiger partial charge in [0.25, 0.3) is 12.9 Å². The van der Waals surface area contributed by atoms with Gasteiger partial charge in [-0.1, -0.05) is 36.0 Å². The van der Waals surface area contributed by atoms with Crippen LogP contribution in [0.5, 0.6) is 11.5 Å². The first-order valence-corrected chi connectivity index (χ1v) is 14.8.